The van der Waals surface area contributed by atoms with Gasteiger partial charge in [0.2, 0.25) is 0 Å². The van der Waals surface area contributed by atoms with Crippen LogP contribution in [0.3, 0.4) is 0 Å². The first-order valence-corrected chi connectivity index (χ1v) is 44.6. The average molecular weight is 1450 g/mol. The van der Waals surface area contributed by atoms with Crippen LogP contribution in [0.15, 0.2) is 0 Å². The van der Waals surface area contributed by atoms with E-state index in [1.807, 2.05) is 0 Å². The number of hydrogen-bond donors (Lipinski definition) is 3. The number of carbonyl (C=O) groups excluding carboxylic acids is 4. The lowest BCUT2D eigenvalue weighted by atomic mass is 10.0. The second-order valence-corrected chi connectivity index (χ2v) is 32.2. The molecule has 3 N–H and O–H groups in total. The lowest BCUT2D eigenvalue weighted by Crippen LogP contribution is -2.30. The lowest BCUT2D eigenvalue weighted by molar-refractivity contribution is -0.161. The van der Waals surface area contributed by atoms with Crippen molar-refractivity contribution < 1.29 is 80.2 Å². The SMILES string of the molecule is CCCCCCCCCCCCCCCCCCCCCCCCC(=O)O[C@H](COC(=O)CCCCCCCCCCCCCCCCCC)COP(=O)(O)OC[C@@H](O)COP(=O)(O)OC[C@@H](COC(=O)CCCCCCCCCC(C)C)OC(=O)CCCCCCCCCCCCC. The number of esters is 4. The van der Waals surface area contributed by atoms with Crippen LogP contribution in [-0.4, -0.2) is 96.7 Å². The molecule has 99 heavy (non-hydrogen) atoms. The molecular weight excluding hydrogens is 1290 g/mol. The topological polar surface area (TPSA) is 237 Å². The van der Waals surface area contributed by atoms with E-state index in [0.29, 0.717) is 31.6 Å². The molecule has 0 aromatic heterocycles. The Balaban J connectivity index is 5.19. The van der Waals surface area contributed by atoms with Gasteiger partial charge in [0, 0.05) is 25.7 Å². The Bertz CT molecular complexity index is 1890. The number of carbonyl (C=O) groups is 4. The fourth-order valence-electron chi connectivity index (χ4n) is 12.4. The Morgan fingerprint density at radius 2 is 0.465 bits per heavy atom. The predicted octanol–water partition coefficient (Wildman–Crippen LogP) is 24.0. The van der Waals surface area contributed by atoms with Gasteiger partial charge in [-0.25, -0.2) is 9.13 Å². The van der Waals surface area contributed by atoms with Crippen LogP contribution in [0.4, 0.5) is 0 Å². The smallest absolute Gasteiger partial charge is 0.462 e. The molecule has 0 fully saturated rings. The van der Waals surface area contributed by atoms with E-state index in [-0.39, 0.29) is 25.7 Å². The minimum absolute atomic E-state index is 0.107. The number of hydrogen-bond acceptors (Lipinski definition) is 15. The molecule has 5 atom stereocenters. The summed E-state index contributed by atoms with van der Waals surface area (Å²) < 4.78 is 68.6. The summed E-state index contributed by atoms with van der Waals surface area (Å²) in [6.07, 6.45) is 64.0. The van der Waals surface area contributed by atoms with Crippen molar-refractivity contribution in [2.45, 2.75) is 445 Å². The maximum absolute atomic E-state index is 13.1. The molecule has 0 aliphatic carbocycles. The lowest BCUT2D eigenvalue weighted by Gasteiger charge is -2.21. The highest BCUT2D eigenvalue weighted by Crippen LogP contribution is 2.45. The molecule has 0 rings (SSSR count). The average Bonchev–Trinajstić information content (AvgIpc) is 1.04. The van der Waals surface area contributed by atoms with Crippen LogP contribution in [0, 0.1) is 5.92 Å². The van der Waals surface area contributed by atoms with Gasteiger partial charge in [0.05, 0.1) is 26.4 Å². The summed E-state index contributed by atoms with van der Waals surface area (Å²) in [6.45, 7) is 7.26. The van der Waals surface area contributed by atoms with Gasteiger partial charge in [-0.3, -0.25) is 37.3 Å². The quantitative estimate of drug-likeness (QED) is 0.0222. The molecule has 0 spiro atoms. The molecule has 0 bridgehead atoms. The number of phosphoric ester groups is 2. The van der Waals surface area contributed by atoms with Crippen LogP contribution in [0.5, 0.6) is 0 Å². The number of aliphatic hydroxyl groups is 1. The summed E-state index contributed by atoms with van der Waals surface area (Å²) in [7, 11) is -9.91. The zero-order chi connectivity index (χ0) is 72.7. The highest BCUT2D eigenvalue weighted by Gasteiger charge is 2.30. The Hall–Kier alpha value is -1.94. The molecule has 0 saturated heterocycles. The van der Waals surface area contributed by atoms with Gasteiger partial charge in [0.15, 0.2) is 12.2 Å². The van der Waals surface area contributed by atoms with Gasteiger partial charge in [-0.15, -0.1) is 0 Å². The van der Waals surface area contributed by atoms with Crippen molar-refractivity contribution in [2.24, 2.45) is 5.92 Å². The van der Waals surface area contributed by atoms with E-state index in [2.05, 4.69) is 34.6 Å². The largest absolute Gasteiger partial charge is 0.472 e. The molecule has 0 aromatic carbocycles. The summed E-state index contributed by atoms with van der Waals surface area (Å²) in [4.78, 5) is 72.9. The molecule has 2 unspecified atom stereocenters. The van der Waals surface area contributed by atoms with Crippen molar-refractivity contribution in [3.63, 3.8) is 0 Å². The molecular formula is C80H156O17P2. The molecule has 0 heterocycles. The third-order valence-electron chi connectivity index (χ3n) is 18.8. The molecule has 17 nitrogen and oxygen atoms in total. The molecule has 0 saturated carbocycles. The van der Waals surface area contributed by atoms with Crippen molar-refractivity contribution in [1.29, 1.82) is 0 Å². The molecule has 0 aliphatic rings. The minimum atomic E-state index is -4.96. The summed E-state index contributed by atoms with van der Waals surface area (Å²) >= 11 is 0. The van der Waals surface area contributed by atoms with Crippen LogP contribution in [-0.2, 0) is 65.4 Å². The second-order valence-electron chi connectivity index (χ2n) is 29.3. The minimum Gasteiger partial charge on any atom is -0.462 e. The van der Waals surface area contributed by atoms with Crippen molar-refractivity contribution in [3.05, 3.63) is 0 Å². The van der Waals surface area contributed by atoms with Crippen molar-refractivity contribution in [2.75, 3.05) is 39.6 Å². The van der Waals surface area contributed by atoms with Crippen LogP contribution >= 0.6 is 15.6 Å². The van der Waals surface area contributed by atoms with E-state index in [1.165, 1.54) is 244 Å². The van der Waals surface area contributed by atoms with E-state index in [1.54, 1.807) is 0 Å². The maximum Gasteiger partial charge on any atom is 0.472 e. The molecule has 0 aliphatic heterocycles. The first kappa shape index (κ1) is 97.1. The van der Waals surface area contributed by atoms with Gasteiger partial charge in [0.25, 0.3) is 0 Å². The van der Waals surface area contributed by atoms with Gasteiger partial charge in [-0.05, 0) is 31.6 Å². The summed E-state index contributed by atoms with van der Waals surface area (Å²) in [5, 5.41) is 10.6. The fourth-order valence-corrected chi connectivity index (χ4v) is 14.0. The van der Waals surface area contributed by atoms with Crippen molar-refractivity contribution >= 4 is 39.5 Å². The summed E-state index contributed by atoms with van der Waals surface area (Å²) in [5.74, 6) is -1.40. The fraction of sp³-hybridized carbons (Fsp3) is 0.950. The van der Waals surface area contributed by atoms with E-state index < -0.39 is 97.5 Å². The van der Waals surface area contributed by atoms with E-state index >= 15 is 0 Å². The third-order valence-corrected chi connectivity index (χ3v) is 20.7. The molecule has 0 aromatic rings. The van der Waals surface area contributed by atoms with Gasteiger partial charge in [-0.1, -0.05) is 375 Å². The zero-order valence-corrected chi connectivity index (χ0v) is 66.4. The highest BCUT2D eigenvalue weighted by atomic mass is 31.2. The van der Waals surface area contributed by atoms with Crippen LogP contribution in [0.1, 0.15) is 426 Å². The standard InChI is InChI=1S/C80H156O17P2/c1-6-9-12-15-18-21-24-26-28-30-31-32-33-34-35-37-39-42-45-50-56-61-66-80(85)96-75(69-90-77(82)63-58-53-48-43-41-38-36-29-27-25-22-19-16-13-10-7-2)71-94-98(86,87)92-67-74(81)68-93-99(88,89)95-72-76(70-91-78(83)64-59-54-51-46-47-52-57-62-73(4)5)97-79(84)65-60-55-49-44-40-23-20-17-14-11-8-3/h73-76,81H,6-72H2,1-5H3,(H,86,87)(H,88,89)/t74-,75-,76-/m1/s1. The van der Waals surface area contributed by atoms with Crippen LogP contribution < -0.4 is 0 Å². The van der Waals surface area contributed by atoms with Gasteiger partial charge < -0.3 is 33.8 Å². The zero-order valence-electron chi connectivity index (χ0n) is 64.6. The number of ether oxygens (including phenoxy) is 4. The molecule has 0 amide bonds. The Morgan fingerprint density at radius 3 is 0.687 bits per heavy atom. The molecule has 588 valence electrons. The highest BCUT2D eigenvalue weighted by molar-refractivity contribution is 7.47. The molecule has 0 radical (unpaired) electrons. The first-order chi connectivity index (χ1) is 48.0. The van der Waals surface area contributed by atoms with Crippen molar-refractivity contribution in [3.8, 4) is 0 Å². The maximum atomic E-state index is 13.1. The Morgan fingerprint density at radius 1 is 0.273 bits per heavy atom. The third kappa shape index (κ3) is 74.1. The van der Waals surface area contributed by atoms with E-state index in [4.69, 9.17) is 37.0 Å². The predicted molar refractivity (Wildman–Crippen MR) is 405 cm³/mol. The number of rotatable bonds is 80. The monoisotopic (exact) mass is 1450 g/mol. The van der Waals surface area contributed by atoms with Crippen molar-refractivity contribution in [1.82, 2.24) is 0 Å². The van der Waals surface area contributed by atoms with Gasteiger partial charge in [-0.2, -0.15) is 0 Å². The summed E-state index contributed by atoms with van der Waals surface area (Å²) in [5.41, 5.74) is 0. The van der Waals surface area contributed by atoms with E-state index in [9.17, 15) is 43.2 Å². The second kappa shape index (κ2) is 73.0. The Labute approximate surface area is 607 Å². The Kier molecular flexibility index (Phi) is 71.6. The van der Waals surface area contributed by atoms with Crippen LogP contribution in [0.25, 0.3) is 0 Å². The summed E-state index contributed by atoms with van der Waals surface area (Å²) in [6, 6.07) is 0. The number of unbranched alkanes of at least 4 members (excludes halogenated alkanes) is 52. The van der Waals surface area contributed by atoms with Gasteiger partial charge >= 0.3 is 39.5 Å². The first-order valence-electron chi connectivity index (χ1n) is 41.6. The normalized spacial score (nSPS) is 13.9. The number of phosphoric acid groups is 2. The number of aliphatic hydroxyl groups excluding tert-OH is 1. The van der Waals surface area contributed by atoms with Gasteiger partial charge in [0.1, 0.15) is 19.3 Å². The van der Waals surface area contributed by atoms with E-state index in [0.717, 1.165) is 96.3 Å². The molecule has 19 heteroatoms. The van der Waals surface area contributed by atoms with Crippen LogP contribution in [0.2, 0.25) is 0 Å².